The predicted octanol–water partition coefficient (Wildman–Crippen LogP) is 5.30. The highest BCUT2D eigenvalue weighted by molar-refractivity contribution is 6.12. The number of halogens is 3. The molecular weight excluding hydrogens is 471 g/mol. The van der Waals surface area contributed by atoms with E-state index in [0.29, 0.717) is 11.3 Å². The summed E-state index contributed by atoms with van der Waals surface area (Å²) in [7, 11) is 0. The van der Waals surface area contributed by atoms with E-state index < -0.39 is 42.2 Å². The van der Waals surface area contributed by atoms with Gasteiger partial charge in [-0.2, -0.15) is 0 Å². The van der Waals surface area contributed by atoms with Gasteiger partial charge in [-0.1, -0.05) is 30.3 Å². The number of hydrogen-bond acceptors (Lipinski definition) is 4. The molecule has 9 heteroatoms. The van der Waals surface area contributed by atoms with Gasteiger partial charge in [0.2, 0.25) is 11.8 Å². The van der Waals surface area contributed by atoms with E-state index in [1.54, 1.807) is 48.5 Å². The molecule has 186 valence electrons. The fraction of sp³-hybridized carbons (Fsp3) is 0.296. The second-order valence-corrected chi connectivity index (χ2v) is 8.96. The largest absolute Gasteiger partial charge is 0.468 e. The van der Waals surface area contributed by atoms with Gasteiger partial charge in [-0.05, 0) is 43.2 Å². The van der Waals surface area contributed by atoms with Crippen molar-refractivity contribution in [2.24, 2.45) is 0 Å². The van der Waals surface area contributed by atoms with Crippen LogP contribution in [0.3, 0.4) is 0 Å². The van der Waals surface area contributed by atoms with Crippen molar-refractivity contribution in [3.8, 4) is 5.88 Å². The summed E-state index contributed by atoms with van der Waals surface area (Å²) >= 11 is 0. The molecule has 1 aliphatic carbocycles. The Hall–Kier alpha value is -3.88. The second kappa shape index (κ2) is 9.64. The van der Waals surface area contributed by atoms with Crippen LogP contribution in [0.2, 0.25) is 0 Å². The zero-order chi connectivity index (χ0) is 25.3. The number of pyridine rings is 1. The Bertz CT molecular complexity index is 1260. The van der Waals surface area contributed by atoms with E-state index >= 15 is 0 Å². The van der Waals surface area contributed by atoms with E-state index in [9.17, 15) is 22.8 Å². The number of fused-ring (bicyclic) bond motifs is 1. The number of anilines is 2. The van der Waals surface area contributed by atoms with Crippen LogP contribution in [-0.4, -0.2) is 35.4 Å². The fourth-order valence-corrected chi connectivity index (χ4v) is 4.93. The molecule has 3 aromatic rings. The van der Waals surface area contributed by atoms with Crippen LogP contribution >= 0.6 is 0 Å². The van der Waals surface area contributed by atoms with Crippen molar-refractivity contribution >= 4 is 23.2 Å². The number of benzene rings is 2. The summed E-state index contributed by atoms with van der Waals surface area (Å²) in [4.78, 5) is 34.2. The molecule has 36 heavy (non-hydrogen) atoms. The molecule has 0 radical (unpaired) electrons. The van der Waals surface area contributed by atoms with Crippen LogP contribution in [0.15, 0.2) is 72.9 Å². The van der Waals surface area contributed by atoms with Gasteiger partial charge in [0, 0.05) is 48.1 Å². The molecule has 1 atom stereocenters. The highest BCUT2D eigenvalue weighted by Crippen LogP contribution is 2.45. The molecule has 2 aliphatic rings. The summed E-state index contributed by atoms with van der Waals surface area (Å²) in [5.74, 6) is -4.07. The van der Waals surface area contributed by atoms with E-state index in [1.807, 2.05) is 0 Å². The molecule has 2 heterocycles. The van der Waals surface area contributed by atoms with Crippen molar-refractivity contribution in [1.82, 2.24) is 4.98 Å². The topological polar surface area (TPSA) is 62.7 Å². The van der Waals surface area contributed by atoms with Crippen LogP contribution in [0.5, 0.6) is 5.88 Å². The zero-order valence-electron chi connectivity index (χ0n) is 19.3. The van der Waals surface area contributed by atoms with E-state index in [2.05, 4.69) is 4.98 Å². The molecule has 0 bridgehead atoms. The number of nitrogens with zero attached hydrogens (tertiary/aromatic N) is 3. The summed E-state index contributed by atoms with van der Waals surface area (Å²) in [6, 6.07) is 15.9. The van der Waals surface area contributed by atoms with Crippen molar-refractivity contribution in [3.05, 3.63) is 84.3 Å². The van der Waals surface area contributed by atoms with E-state index in [4.69, 9.17) is 4.74 Å². The quantitative estimate of drug-likeness (QED) is 0.466. The molecule has 2 amide bonds. The van der Waals surface area contributed by atoms with Crippen molar-refractivity contribution < 1.29 is 27.5 Å². The summed E-state index contributed by atoms with van der Waals surface area (Å²) in [6.45, 7) is -0.435. The van der Waals surface area contributed by atoms with Crippen LogP contribution in [0, 0.1) is 5.82 Å². The lowest BCUT2D eigenvalue weighted by Gasteiger charge is -2.35. The molecule has 1 aliphatic heterocycles. The first kappa shape index (κ1) is 23.8. The number of para-hydroxylation sites is 1. The molecule has 0 spiro atoms. The minimum Gasteiger partial charge on any atom is -0.468 e. The smallest absolute Gasteiger partial charge is 0.265 e. The first-order valence-corrected chi connectivity index (χ1v) is 11.8. The van der Waals surface area contributed by atoms with Crippen molar-refractivity contribution in [3.63, 3.8) is 0 Å². The summed E-state index contributed by atoms with van der Waals surface area (Å²) in [6.07, 6.45) is 1.21. The molecule has 1 aromatic heterocycles. The number of aromatic nitrogens is 1. The first-order chi connectivity index (χ1) is 17.3. The third-order valence-corrected chi connectivity index (χ3v) is 6.61. The van der Waals surface area contributed by atoms with Crippen LogP contribution in [0.1, 0.15) is 37.3 Å². The average molecular weight is 496 g/mol. The maximum absolute atomic E-state index is 14.2. The summed E-state index contributed by atoms with van der Waals surface area (Å²) in [5.41, 5.74) is 1.31. The molecular formula is C27H24F3N3O3. The van der Waals surface area contributed by atoms with Gasteiger partial charge in [-0.15, -0.1) is 0 Å². The van der Waals surface area contributed by atoms with Crippen molar-refractivity contribution in [2.45, 2.75) is 43.7 Å². The number of amides is 2. The lowest BCUT2D eigenvalue weighted by molar-refractivity contribution is -0.126. The molecule has 6 nitrogen and oxygen atoms in total. The van der Waals surface area contributed by atoms with Gasteiger partial charge in [0.15, 0.2) is 6.61 Å². The van der Waals surface area contributed by atoms with Crippen LogP contribution in [0.4, 0.5) is 24.5 Å². The minimum atomic E-state index is -2.75. The van der Waals surface area contributed by atoms with Crippen molar-refractivity contribution in [1.29, 1.82) is 0 Å². The van der Waals surface area contributed by atoms with E-state index in [1.165, 1.54) is 34.2 Å². The zero-order valence-corrected chi connectivity index (χ0v) is 19.3. The number of ether oxygens (including phenoxy) is 1. The average Bonchev–Trinajstić information content (AvgIpc) is 3.15. The maximum Gasteiger partial charge on any atom is 0.265 e. The number of alkyl halides is 2. The molecule has 1 fully saturated rings. The summed E-state index contributed by atoms with van der Waals surface area (Å²) < 4.78 is 47.4. The third-order valence-electron chi connectivity index (χ3n) is 6.61. The highest BCUT2D eigenvalue weighted by Gasteiger charge is 2.48. The Kier molecular flexibility index (Phi) is 6.38. The monoisotopic (exact) mass is 495 g/mol. The van der Waals surface area contributed by atoms with Gasteiger partial charge in [-0.3, -0.25) is 14.5 Å². The van der Waals surface area contributed by atoms with E-state index in [-0.39, 0.29) is 37.3 Å². The molecule has 0 N–H and O–H groups in total. The fourth-order valence-electron chi connectivity index (χ4n) is 4.93. The Labute approximate surface area is 206 Å². The number of carbonyl (C=O) groups excluding carboxylic acids is 2. The Morgan fingerprint density at radius 1 is 1.06 bits per heavy atom. The number of rotatable bonds is 6. The maximum atomic E-state index is 14.2. The van der Waals surface area contributed by atoms with E-state index in [0.717, 1.165) is 0 Å². The minimum absolute atomic E-state index is 0.149. The molecule has 1 unspecified atom stereocenters. The predicted molar refractivity (Wildman–Crippen MR) is 127 cm³/mol. The van der Waals surface area contributed by atoms with Crippen molar-refractivity contribution in [2.75, 3.05) is 16.4 Å². The first-order valence-electron chi connectivity index (χ1n) is 11.8. The lowest BCUT2D eigenvalue weighted by Crippen LogP contribution is -2.47. The van der Waals surface area contributed by atoms with Gasteiger partial charge in [-0.25, -0.2) is 18.2 Å². The van der Waals surface area contributed by atoms with Crippen LogP contribution in [-0.2, 0) is 9.59 Å². The second-order valence-electron chi connectivity index (χ2n) is 8.96. The highest BCUT2D eigenvalue weighted by atomic mass is 19.3. The Morgan fingerprint density at radius 2 is 1.81 bits per heavy atom. The number of hydrogen-bond donors (Lipinski definition) is 0. The number of carbonyl (C=O) groups is 2. The van der Waals surface area contributed by atoms with Gasteiger partial charge in [0.05, 0.1) is 0 Å². The van der Waals surface area contributed by atoms with Gasteiger partial charge >= 0.3 is 0 Å². The summed E-state index contributed by atoms with van der Waals surface area (Å²) in [5, 5.41) is 0. The molecule has 5 rings (SSSR count). The normalized spacial score (nSPS) is 19.1. The standard InChI is InChI=1S/C27H24F3N3O3/c28-18-6-5-7-20(16-18)33(24(34)17-36-23-10-3-4-15-31-23)25-21-8-1-2-9-22(21)32(26(25)35)19-11-13-27(29,30)14-12-19/h1-10,15-16,19,25H,11-14,17H2. The van der Waals surface area contributed by atoms with Gasteiger partial charge < -0.3 is 9.64 Å². The lowest BCUT2D eigenvalue weighted by atomic mass is 9.91. The SMILES string of the molecule is O=C1C(N(C(=O)COc2ccccn2)c2cccc(F)c2)c2ccccc2N1C1CCC(F)(F)CC1. The Balaban J connectivity index is 1.50. The molecule has 2 aromatic carbocycles. The molecule has 1 saturated carbocycles. The van der Waals surface area contributed by atoms with Gasteiger partial charge in [0.1, 0.15) is 11.9 Å². The van der Waals surface area contributed by atoms with Gasteiger partial charge in [0.25, 0.3) is 11.8 Å². The van der Waals surface area contributed by atoms with Crippen LogP contribution in [0.25, 0.3) is 0 Å². The third kappa shape index (κ3) is 4.65. The molecule has 0 saturated heterocycles. The van der Waals surface area contributed by atoms with Crippen LogP contribution < -0.4 is 14.5 Å². The Morgan fingerprint density at radius 3 is 2.53 bits per heavy atom.